The molecule has 0 aliphatic carbocycles. The Morgan fingerprint density at radius 1 is 1.64 bits per heavy atom. The molecule has 1 aromatic heterocycles. The summed E-state index contributed by atoms with van der Waals surface area (Å²) in [5.74, 6) is -2.69. The lowest BCUT2D eigenvalue weighted by molar-refractivity contribution is 0.0221. The summed E-state index contributed by atoms with van der Waals surface area (Å²) in [4.78, 5) is -0.187. The quantitative estimate of drug-likeness (QED) is 0.690. The summed E-state index contributed by atoms with van der Waals surface area (Å²) in [5, 5.41) is 1.79. The van der Waals surface area contributed by atoms with Gasteiger partial charge < -0.3 is 0 Å². The summed E-state index contributed by atoms with van der Waals surface area (Å²) < 4.78 is 25.3. The number of thiophene rings is 1. The largest absolute Gasteiger partial charge is 0.262 e. The first-order valence-corrected chi connectivity index (χ1v) is 4.86. The van der Waals surface area contributed by atoms with E-state index in [4.69, 9.17) is 0 Å². The number of alkyl halides is 3. The zero-order valence-corrected chi connectivity index (χ0v) is 8.25. The summed E-state index contributed by atoms with van der Waals surface area (Å²) in [6.45, 7) is 0.909. The first-order valence-electron chi connectivity index (χ1n) is 3.07. The van der Waals surface area contributed by atoms with Crippen molar-refractivity contribution in [2.45, 2.75) is 17.7 Å². The monoisotopic (exact) mass is 240 g/mol. The highest BCUT2D eigenvalue weighted by Crippen LogP contribution is 2.39. The maximum absolute atomic E-state index is 12.6. The summed E-state index contributed by atoms with van der Waals surface area (Å²) in [5.41, 5.74) is 0. The van der Waals surface area contributed by atoms with Gasteiger partial charge in [0.15, 0.2) is 0 Å². The lowest BCUT2D eigenvalue weighted by atomic mass is 10.2. The average molecular weight is 241 g/mol. The second-order valence-electron chi connectivity index (χ2n) is 2.33. The van der Waals surface area contributed by atoms with E-state index < -0.39 is 10.7 Å². The van der Waals surface area contributed by atoms with Crippen LogP contribution in [0.2, 0.25) is 0 Å². The van der Waals surface area contributed by atoms with E-state index in [9.17, 15) is 8.78 Å². The van der Waals surface area contributed by atoms with E-state index in [1.807, 2.05) is 0 Å². The molecule has 1 aromatic rings. The van der Waals surface area contributed by atoms with Crippen LogP contribution in [-0.2, 0) is 0 Å². The first-order chi connectivity index (χ1) is 5.02. The molecule has 0 bridgehead atoms. The summed E-state index contributed by atoms with van der Waals surface area (Å²) >= 11 is 4.28. The minimum atomic E-state index is -2.69. The van der Waals surface area contributed by atoms with Gasteiger partial charge in [0.05, 0.1) is 0 Å². The molecule has 0 nitrogen and oxygen atoms in total. The van der Waals surface area contributed by atoms with Crippen LogP contribution in [0.3, 0.4) is 0 Å². The number of hydrogen-bond donors (Lipinski definition) is 0. The zero-order chi connectivity index (χ0) is 8.48. The third-order valence-electron chi connectivity index (χ3n) is 1.24. The maximum atomic E-state index is 12.6. The van der Waals surface area contributed by atoms with Crippen LogP contribution in [-0.4, -0.2) is 5.92 Å². The Hall–Kier alpha value is 0.0400. The van der Waals surface area contributed by atoms with E-state index >= 15 is 0 Å². The van der Waals surface area contributed by atoms with E-state index in [2.05, 4.69) is 15.9 Å². The molecule has 0 radical (unpaired) electrons. The Morgan fingerprint density at radius 3 is 2.64 bits per heavy atom. The van der Waals surface area contributed by atoms with Gasteiger partial charge in [-0.25, -0.2) is 8.78 Å². The molecule has 0 amide bonds. The van der Waals surface area contributed by atoms with Crippen LogP contribution in [0, 0.1) is 0 Å². The Morgan fingerprint density at radius 2 is 2.27 bits per heavy atom. The summed E-state index contributed by atoms with van der Waals surface area (Å²) in [7, 11) is 0. The molecule has 0 aliphatic rings. The van der Waals surface area contributed by atoms with E-state index in [1.165, 1.54) is 11.3 Å². The summed E-state index contributed by atoms with van der Waals surface area (Å²) in [6, 6.07) is 3.46. The van der Waals surface area contributed by atoms with Crippen molar-refractivity contribution in [2.75, 3.05) is 0 Å². The van der Waals surface area contributed by atoms with Gasteiger partial charge in [0.2, 0.25) is 0 Å². The van der Waals surface area contributed by atoms with Crippen molar-refractivity contribution in [2.24, 2.45) is 0 Å². The number of rotatable bonds is 2. The smallest absolute Gasteiger partial charge is 0.206 e. The van der Waals surface area contributed by atoms with Gasteiger partial charge in [0.1, 0.15) is 4.83 Å². The molecule has 1 atom stereocenters. The van der Waals surface area contributed by atoms with Crippen LogP contribution in [0.4, 0.5) is 8.78 Å². The average Bonchev–Trinajstić information content (AvgIpc) is 2.34. The van der Waals surface area contributed by atoms with Gasteiger partial charge in [-0.2, -0.15) is 0 Å². The van der Waals surface area contributed by atoms with Crippen molar-refractivity contribution in [1.29, 1.82) is 0 Å². The van der Waals surface area contributed by atoms with Crippen molar-refractivity contribution in [3.8, 4) is 0 Å². The van der Waals surface area contributed by atoms with Crippen molar-refractivity contribution >= 4 is 27.3 Å². The van der Waals surface area contributed by atoms with Crippen LogP contribution in [0.15, 0.2) is 17.5 Å². The highest BCUT2D eigenvalue weighted by Gasteiger charge is 2.33. The molecule has 0 aliphatic heterocycles. The maximum Gasteiger partial charge on any atom is 0.262 e. The summed E-state index contributed by atoms with van der Waals surface area (Å²) in [6.07, 6.45) is 0. The fourth-order valence-electron chi connectivity index (χ4n) is 0.685. The highest BCUT2D eigenvalue weighted by atomic mass is 79.9. The fourth-order valence-corrected chi connectivity index (χ4v) is 1.96. The van der Waals surface area contributed by atoms with Gasteiger partial charge in [-0.3, -0.25) is 0 Å². The molecule has 0 aromatic carbocycles. The minimum Gasteiger partial charge on any atom is -0.206 e. The van der Waals surface area contributed by atoms with Crippen LogP contribution in [0.5, 0.6) is 0 Å². The molecule has 1 rings (SSSR count). The predicted octanol–water partition coefficient (Wildman–Crippen LogP) is 3.84. The van der Waals surface area contributed by atoms with Crippen molar-refractivity contribution in [3.63, 3.8) is 0 Å². The Bertz CT molecular complexity index is 215. The highest BCUT2D eigenvalue weighted by molar-refractivity contribution is 9.09. The van der Waals surface area contributed by atoms with Gasteiger partial charge in [-0.05, 0) is 11.4 Å². The normalized spacial score (nSPS) is 14.9. The Balaban J connectivity index is 2.78. The van der Waals surface area contributed by atoms with E-state index in [0.717, 1.165) is 6.92 Å². The molecule has 11 heavy (non-hydrogen) atoms. The standard InChI is InChI=1S/C7H7BrF2S/c1-7(9,10)6(8)5-3-2-4-11-5/h2-4,6H,1H3. The first kappa shape index (κ1) is 9.13. The molecular formula is C7H7BrF2S. The Kier molecular flexibility index (Phi) is 2.65. The van der Waals surface area contributed by atoms with Crippen LogP contribution < -0.4 is 0 Å². The number of hydrogen-bond acceptors (Lipinski definition) is 1. The predicted molar refractivity (Wildman–Crippen MR) is 46.6 cm³/mol. The SMILES string of the molecule is CC(F)(F)C(Br)c1cccs1. The van der Waals surface area contributed by atoms with Crippen molar-refractivity contribution < 1.29 is 8.78 Å². The second kappa shape index (κ2) is 3.19. The third-order valence-corrected chi connectivity index (χ3v) is 3.78. The Labute approximate surface area is 76.4 Å². The molecule has 0 spiro atoms. The molecule has 4 heteroatoms. The second-order valence-corrected chi connectivity index (χ2v) is 4.23. The molecule has 0 fully saturated rings. The number of halogens is 3. The molecule has 0 saturated carbocycles. The van der Waals surface area contributed by atoms with E-state index in [1.54, 1.807) is 17.5 Å². The van der Waals surface area contributed by atoms with Gasteiger partial charge in [0, 0.05) is 11.8 Å². The van der Waals surface area contributed by atoms with Crippen molar-refractivity contribution in [1.82, 2.24) is 0 Å². The zero-order valence-electron chi connectivity index (χ0n) is 5.85. The molecule has 62 valence electrons. The molecule has 1 heterocycles. The van der Waals surface area contributed by atoms with Crippen LogP contribution >= 0.6 is 27.3 Å². The minimum absolute atomic E-state index is 0.664. The van der Waals surface area contributed by atoms with Crippen LogP contribution in [0.1, 0.15) is 16.6 Å². The van der Waals surface area contributed by atoms with Gasteiger partial charge in [-0.15, -0.1) is 11.3 Å². The van der Waals surface area contributed by atoms with Gasteiger partial charge in [-0.1, -0.05) is 22.0 Å². The van der Waals surface area contributed by atoms with Gasteiger partial charge in [0.25, 0.3) is 5.92 Å². The lowest BCUT2D eigenvalue weighted by Crippen LogP contribution is -2.15. The van der Waals surface area contributed by atoms with Crippen molar-refractivity contribution in [3.05, 3.63) is 22.4 Å². The molecular weight excluding hydrogens is 234 g/mol. The fraction of sp³-hybridized carbons (Fsp3) is 0.429. The molecule has 1 unspecified atom stereocenters. The van der Waals surface area contributed by atoms with Crippen LogP contribution in [0.25, 0.3) is 0 Å². The van der Waals surface area contributed by atoms with Gasteiger partial charge >= 0.3 is 0 Å². The molecule has 0 saturated heterocycles. The van der Waals surface area contributed by atoms with E-state index in [0.29, 0.717) is 4.88 Å². The molecule has 0 N–H and O–H groups in total. The topological polar surface area (TPSA) is 0 Å². The third kappa shape index (κ3) is 2.24. The van der Waals surface area contributed by atoms with E-state index in [-0.39, 0.29) is 0 Å². The lowest BCUT2D eigenvalue weighted by Gasteiger charge is -2.15.